The number of hydrogen-bond acceptors (Lipinski definition) is 3. The first-order chi connectivity index (χ1) is 9.79. The zero-order valence-electron chi connectivity index (χ0n) is 10.8. The zero-order valence-corrected chi connectivity index (χ0v) is 13.2. The Balaban J connectivity index is 1.98. The van der Waals surface area contributed by atoms with Crippen LogP contribution in [0.4, 0.5) is 0 Å². The van der Waals surface area contributed by atoms with Crippen molar-refractivity contribution < 1.29 is 0 Å². The van der Waals surface area contributed by atoms with Gasteiger partial charge in [-0.15, -0.1) is 11.3 Å². The van der Waals surface area contributed by atoms with Crippen LogP contribution in [0.25, 0.3) is 10.1 Å². The molecule has 0 saturated heterocycles. The van der Waals surface area contributed by atoms with Gasteiger partial charge in [-0.1, -0.05) is 52.3 Å². The minimum atomic E-state index is 0.107. The molecule has 0 saturated carbocycles. The third kappa shape index (κ3) is 2.65. The van der Waals surface area contributed by atoms with Gasteiger partial charge in [0, 0.05) is 9.17 Å². The Bertz CT molecular complexity index is 723. The van der Waals surface area contributed by atoms with E-state index >= 15 is 0 Å². The molecule has 0 radical (unpaired) electrons. The van der Waals surface area contributed by atoms with E-state index in [9.17, 15) is 0 Å². The quantitative estimate of drug-likeness (QED) is 0.542. The van der Waals surface area contributed by atoms with Crippen LogP contribution >= 0.6 is 27.3 Å². The molecule has 0 fully saturated rings. The molecule has 0 aliphatic rings. The number of thiophene rings is 1. The summed E-state index contributed by atoms with van der Waals surface area (Å²) in [5, 5.41) is 3.40. The van der Waals surface area contributed by atoms with Crippen molar-refractivity contribution in [1.82, 2.24) is 5.43 Å². The molecule has 2 aromatic carbocycles. The Labute approximate surface area is 130 Å². The highest BCUT2D eigenvalue weighted by atomic mass is 79.9. The standard InChI is InChI=1S/C16H15BrN2S/c17-14-7-2-1-4-12(14)10-15(19-18)13-6-3-5-11-8-9-20-16(11)13/h1-9,15,19H,10,18H2. The summed E-state index contributed by atoms with van der Waals surface area (Å²) < 4.78 is 2.43. The molecule has 20 heavy (non-hydrogen) atoms. The Morgan fingerprint density at radius 3 is 2.75 bits per heavy atom. The molecule has 0 amide bonds. The second-order valence-electron chi connectivity index (χ2n) is 4.70. The molecule has 3 rings (SSSR count). The molecule has 2 nitrogen and oxygen atoms in total. The molecule has 3 aromatic rings. The number of nitrogens with two attached hydrogens (primary N) is 1. The fraction of sp³-hybridized carbons (Fsp3) is 0.125. The van der Waals surface area contributed by atoms with Gasteiger partial charge in [0.25, 0.3) is 0 Å². The molecular formula is C16H15BrN2S. The molecule has 1 unspecified atom stereocenters. The predicted molar refractivity (Wildman–Crippen MR) is 89.7 cm³/mol. The van der Waals surface area contributed by atoms with Crippen LogP contribution in [0, 0.1) is 0 Å². The summed E-state index contributed by atoms with van der Waals surface area (Å²) in [5.74, 6) is 5.80. The Kier molecular flexibility index (Phi) is 4.17. The van der Waals surface area contributed by atoms with E-state index in [0.717, 1.165) is 10.9 Å². The second kappa shape index (κ2) is 6.06. The van der Waals surface area contributed by atoms with Gasteiger partial charge in [-0.25, -0.2) is 0 Å². The lowest BCUT2D eigenvalue weighted by Gasteiger charge is -2.18. The number of hydrogen-bond donors (Lipinski definition) is 2. The first-order valence-electron chi connectivity index (χ1n) is 6.45. The maximum atomic E-state index is 5.80. The fourth-order valence-electron chi connectivity index (χ4n) is 2.43. The highest BCUT2D eigenvalue weighted by Gasteiger charge is 2.15. The summed E-state index contributed by atoms with van der Waals surface area (Å²) in [5.41, 5.74) is 5.48. The SMILES string of the molecule is NNC(Cc1ccccc1Br)c1cccc2ccsc12. The van der Waals surface area contributed by atoms with Crippen LogP contribution in [0.3, 0.4) is 0 Å². The molecule has 1 heterocycles. The van der Waals surface area contributed by atoms with E-state index in [2.05, 4.69) is 69.2 Å². The van der Waals surface area contributed by atoms with Gasteiger partial charge in [0.1, 0.15) is 0 Å². The number of nitrogens with one attached hydrogen (secondary N) is 1. The average molecular weight is 347 g/mol. The van der Waals surface area contributed by atoms with E-state index in [4.69, 9.17) is 5.84 Å². The van der Waals surface area contributed by atoms with Gasteiger partial charge in [0.05, 0.1) is 6.04 Å². The molecule has 0 aliphatic carbocycles. The van der Waals surface area contributed by atoms with Gasteiger partial charge in [-0.3, -0.25) is 11.3 Å². The highest BCUT2D eigenvalue weighted by Crippen LogP contribution is 2.31. The van der Waals surface area contributed by atoms with Crippen molar-refractivity contribution in [2.75, 3.05) is 0 Å². The monoisotopic (exact) mass is 346 g/mol. The summed E-state index contributed by atoms with van der Waals surface area (Å²) in [6.07, 6.45) is 0.856. The molecule has 3 N–H and O–H groups in total. The largest absolute Gasteiger partial charge is 0.271 e. The third-order valence-electron chi connectivity index (χ3n) is 3.47. The van der Waals surface area contributed by atoms with Crippen LogP contribution in [0.5, 0.6) is 0 Å². The summed E-state index contributed by atoms with van der Waals surface area (Å²) in [6.45, 7) is 0. The van der Waals surface area contributed by atoms with Gasteiger partial charge in [0.2, 0.25) is 0 Å². The van der Waals surface area contributed by atoms with Crippen LogP contribution in [-0.2, 0) is 6.42 Å². The zero-order chi connectivity index (χ0) is 13.9. The number of rotatable bonds is 4. The van der Waals surface area contributed by atoms with Crippen molar-refractivity contribution in [3.63, 3.8) is 0 Å². The number of halogens is 1. The van der Waals surface area contributed by atoms with Crippen molar-refractivity contribution >= 4 is 37.4 Å². The van der Waals surface area contributed by atoms with Gasteiger partial charge in [-0.2, -0.15) is 0 Å². The third-order valence-corrected chi connectivity index (χ3v) is 5.22. The van der Waals surface area contributed by atoms with E-state index in [0.29, 0.717) is 0 Å². The van der Waals surface area contributed by atoms with Crippen molar-refractivity contribution in [3.05, 3.63) is 69.5 Å². The van der Waals surface area contributed by atoms with Gasteiger partial charge < -0.3 is 0 Å². The number of hydrazine groups is 1. The summed E-state index contributed by atoms with van der Waals surface area (Å²) in [4.78, 5) is 0. The first-order valence-corrected chi connectivity index (χ1v) is 8.12. The van der Waals surface area contributed by atoms with Gasteiger partial charge in [0.15, 0.2) is 0 Å². The second-order valence-corrected chi connectivity index (χ2v) is 6.47. The molecule has 102 valence electrons. The maximum absolute atomic E-state index is 5.80. The summed E-state index contributed by atoms with van der Waals surface area (Å²) in [7, 11) is 0. The topological polar surface area (TPSA) is 38.0 Å². The van der Waals surface area contributed by atoms with Crippen molar-refractivity contribution in [2.45, 2.75) is 12.5 Å². The van der Waals surface area contributed by atoms with E-state index in [1.165, 1.54) is 21.2 Å². The van der Waals surface area contributed by atoms with Crippen LogP contribution in [0.2, 0.25) is 0 Å². The lowest BCUT2D eigenvalue weighted by atomic mass is 9.98. The molecule has 1 aromatic heterocycles. The molecule has 0 aliphatic heterocycles. The smallest absolute Gasteiger partial charge is 0.0514 e. The lowest BCUT2D eigenvalue weighted by molar-refractivity contribution is 0.555. The summed E-state index contributed by atoms with van der Waals surface area (Å²) >= 11 is 5.37. The average Bonchev–Trinajstić information content (AvgIpc) is 2.95. The lowest BCUT2D eigenvalue weighted by Crippen LogP contribution is -2.29. The summed E-state index contributed by atoms with van der Waals surface area (Å²) in [6, 6.07) is 16.9. The van der Waals surface area contributed by atoms with Crippen molar-refractivity contribution in [1.29, 1.82) is 0 Å². The minimum absolute atomic E-state index is 0.107. The first kappa shape index (κ1) is 13.8. The predicted octanol–water partition coefficient (Wildman–Crippen LogP) is 4.41. The highest BCUT2D eigenvalue weighted by molar-refractivity contribution is 9.10. The van der Waals surface area contributed by atoms with Gasteiger partial charge >= 0.3 is 0 Å². The molecule has 0 spiro atoms. The number of benzene rings is 2. The van der Waals surface area contributed by atoms with E-state index in [-0.39, 0.29) is 6.04 Å². The maximum Gasteiger partial charge on any atom is 0.0514 e. The van der Waals surface area contributed by atoms with Crippen molar-refractivity contribution in [3.8, 4) is 0 Å². The van der Waals surface area contributed by atoms with Crippen molar-refractivity contribution in [2.24, 2.45) is 5.84 Å². The molecule has 4 heteroatoms. The van der Waals surface area contributed by atoms with Crippen LogP contribution < -0.4 is 11.3 Å². The van der Waals surface area contributed by atoms with Crippen LogP contribution in [-0.4, -0.2) is 0 Å². The minimum Gasteiger partial charge on any atom is -0.271 e. The van der Waals surface area contributed by atoms with E-state index < -0.39 is 0 Å². The van der Waals surface area contributed by atoms with E-state index in [1.807, 2.05) is 6.07 Å². The van der Waals surface area contributed by atoms with Gasteiger partial charge in [-0.05, 0) is 40.4 Å². The molecule has 0 bridgehead atoms. The number of fused-ring (bicyclic) bond motifs is 1. The normalized spacial score (nSPS) is 12.7. The van der Waals surface area contributed by atoms with Crippen LogP contribution in [0.15, 0.2) is 58.4 Å². The molecular weight excluding hydrogens is 332 g/mol. The van der Waals surface area contributed by atoms with E-state index in [1.54, 1.807) is 11.3 Å². The molecule has 1 atom stereocenters. The van der Waals surface area contributed by atoms with Crippen LogP contribution in [0.1, 0.15) is 17.2 Å². The fourth-order valence-corrected chi connectivity index (χ4v) is 3.85. The Morgan fingerprint density at radius 2 is 1.95 bits per heavy atom. The Morgan fingerprint density at radius 1 is 1.10 bits per heavy atom. The Hall–Kier alpha value is -1.20.